The molecule has 0 bridgehead atoms. The Hall–Kier alpha value is -17.1. The summed E-state index contributed by atoms with van der Waals surface area (Å²) in [5, 5.41) is 25.8. The highest BCUT2D eigenvalue weighted by molar-refractivity contribution is 6.31. The molecule has 0 amide bonds. The molecule has 0 saturated carbocycles. The summed E-state index contributed by atoms with van der Waals surface area (Å²) in [6.45, 7) is 13.8. The second kappa shape index (κ2) is 34.2. The molecule has 0 N–H and O–H groups in total. The molecule has 0 spiro atoms. The Kier molecular flexibility index (Phi) is 20.7. The normalized spacial score (nSPS) is 11.9. The van der Waals surface area contributed by atoms with Crippen molar-refractivity contribution in [1.82, 2.24) is 24.5 Å². The largest absolute Gasteiger partial charge is 0.309 e. The van der Waals surface area contributed by atoms with Crippen LogP contribution in [-0.4, -0.2) is 24.5 Å². The van der Waals surface area contributed by atoms with Crippen LogP contribution < -0.4 is 0 Å². The highest BCUT2D eigenvalue weighted by atomic mass is 15.0. The Labute approximate surface area is 797 Å². The molecule has 0 aliphatic heterocycles. The average Bonchev–Trinajstić information content (AvgIpc) is 1.26. The minimum absolute atomic E-state index is 0.0589. The number of nitrogens with zero attached hydrogens (tertiary/aromatic N) is 5. The van der Waals surface area contributed by atoms with Gasteiger partial charge in [-0.3, -0.25) is 19.9 Å². The minimum Gasteiger partial charge on any atom is -0.309 e. The molecule has 26 aromatic rings. The Morgan fingerprint density at radius 1 is 0.182 bits per heavy atom. The molecule has 0 saturated heterocycles. The van der Waals surface area contributed by atoms with E-state index in [2.05, 4.69) is 466 Å². The number of hydrogen-bond donors (Lipinski definition) is 0. The Morgan fingerprint density at radius 2 is 0.504 bits per heavy atom. The second-order valence-corrected chi connectivity index (χ2v) is 38.3. The van der Waals surface area contributed by atoms with Crippen LogP contribution in [0.25, 0.3) is 247 Å². The van der Waals surface area contributed by atoms with Crippen molar-refractivity contribution in [2.24, 2.45) is 0 Å². The SMILES string of the molecule is CC(C)(C)c1cc2ccc3c(-c4ccc(-c5ccccn5)cc4)cc(-c4ccc(-c5ccccn5)cc4)c4ccc(c1)c2c34.CC(C)(C)c1cc2ccc3c(-c4ccc(-c5ccccn5)cc4)cc(-c4cccc(-n5c6ccccc6c6ccccc65)c4)c4ccc(c1)c2c34.c1ccc(-c2c3ccccc3c(-c3ccc4cc(-c5cccc(-c6ccncc6)c5)ccc4c3)c3ccccc23)cc1. The van der Waals surface area contributed by atoms with Crippen molar-refractivity contribution in [2.45, 2.75) is 52.4 Å². The van der Waals surface area contributed by atoms with Crippen LogP contribution in [0.2, 0.25) is 0 Å². The highest BCUT2D eigenvalue weighted by Crippen LogP contribution is 2.51. The van der Waals surface area contributed by atoms with Gasteiger partial charge in [0.1, 0.15) is 0 Å². The van der Waals surface area contributed by atoms with E-state index in [9.17, 15) is 0 Å². The fourth-order valence-electron chi connectivity index (χ4n) is 21.1. The zero-order valence-corrected chi connectivity index (χ0v) is 77.2. The van der Waals surface area contributed by atoms with Gasteiger partial charge in [0.15, 0.2) is 0 Å². The van der Waals surface area contributed by atoms with E-state index in [1.165, 1.54) is 219 Å². The number of benzene rings is 21. The van der Waals surface area contributed by atoms with Gasteiger partial charge in [0, 0.05) is 64.1 Å². The summed E-state index contributed by atoms with van der Waals surface area (Å²) in [6, 6.07) is 159. The van der Waals surface area contributed by atoms with Crippen molar-refractivity contribution in [1.29, 1.82) is 0 Å². The first-order valence-electron chi connectivity index (χ1n) is 47.4. The molecule has 21 aromatic carbocycles. The summed E-state index contributed by atoms with van der Waals surface area (Å²) < 4.78 is 2.41. The molecule has 5 nitrogen and oxygen atoms in total. The maximum absolute atomic E-state index is 4.60. The predicted molar refractivity (Wildman–Crippen MR) is 582 cm³/mol. The summed E-state index contributed by atoms with van der Waals surface area (Å²) in [6.07, 6.45) is 9.24. The Balaban J connectivity index is 0.000000113. The number of hydrogen-bond acceptors (Lipinski definition) is 4. The van der Waals surface area contributed by atoms with Crippen molar-refractivity contribution < 1.29 is 0 Å². The molecule has 0 fully saturated rings. The van der Waals surface area contributed by atoms with Crippen LogP contribution in [0.15, 0.2) is 468 Å². The van der Waals surface area contributed by atoms with Crippen LogP contribution in [0.3, 0.4) is 0 Å². The molecule has 648 valence electrons. The number of fused-ring (bicyclic) bond motifs is 6. The van der Waals surface area contributed by atoms with Crippen molar-refractivity contribution in [3.05, 3.63) is 479 Å². The van der Waals surface area contributed by atoms with Gasteiger partial charge in [-0.2, -0.15) is 0 Å². The zero-order valence-electron chi connectivity index (χ0n) is 77.2. The second-order valence-electron chi connectivity index (χ2n) is 38.3. The predicted octanol–water partition coefficient (Wildman–Crippen LogP) is 35.9. The molecular formula is C132H95N5. The molecule has 0 radical (unpaired) electrons. The third kappa shape index (κ3) is 15.2. The molecule has 0 unspecified atom stereocenters. The first-order valence-corrected chi connectivity index (χ1v) is 47.4. The van der Waals surface area contributed by atoms with E-state index in [4.69, 9.17) is 0 Å². The molecule has 0 aliphatic carbocycles. The van der Waals surface area contributed by atoms with E-state index >= 15 is 0 Å². The molecule has 5 heterocycles. The number of rotatable bonds is 12. The highest BCUT2D eigenvalue weighted by Gasteiger charge is 2.26. The van der Waals surface area contributed by atoms with Crippen LogP contribution in [0, 0.1) is 0 Å². The standard InChI is InChI=1S/C49H36N2.C42H32N2.C41H27N/c1-49(2,3)36-27-34-22-24-40-42(31-18-20-32(21-19-31)44-15-8-9-26-50-44)30-43(41-25-23-35(28-36)47(34)48(40)41)33-11-10-12-37(29-33)51-45-16-6-4-13-38(45)39-14-5-7-17-46(39)51;1-42(2,3)33-24-31-18-20-34-36(27-10-14-29(15-11-27)38-8-4-6-22-43-38)26-37(35-21-19-32(25-33)40(31)41(34)35)28-12-16-30(17-13-28)39-9-5-7-23-44-39;1-2-9-29(10-3-1)40-36-13-4-6-15-38(36)41(39-16-7-5-14-37(39)40)35-20-19-33-26-32(17-18-34(33)27-35)31-12-8-11-30(25-31)28-21-23-42-24-22-28/h4-30H,1-3H3;4-26H,1-3H3;1-27H. The monoisotopic (exact) mass is 1750 g/mol. The Morgan fingerprint density at radius 3 is 0.920 bits per heavy atom. The van der Waals surface area contributed by atoms with Gasteiger partial charge in [-0.25, -0.2) is 0 Å². The third-order valence-electron chi connectivity index (χ3n) is 28.0. The van der Waals surface area contributed by atoms with Crippen molar-refractivity contribution >= 4 is 119 Å². The third-order valence-corrected chi connectivity index (χ3v) is 28.0. The van der Waals surface area contributed by atoms with Crippen LogP contribution in [-0.2, 0) is 10.8 Å². The molecule has 5 heteroatoms. The molecule has 0 aliphatic rings. The van der Waals surface area contributed by atoms with Gasteiger partial charge in [-0.15, -0.1) is 0 Å². The van der Waals surface area contributed by atoms with Crippen molar-refractivity contribution in [2.75, 3.05) is 0 Å². The molecule has 137 heavy (non-hydrogen) atoms. The van der Waals surface area contributed by atoms with Crippen LogP contribution in [0.1, 0.15) is 52.7 Å². The first kappa shape index (κ1) is 83.0. The lowest BCUT2D eigenvalue weighted by atomic mass is 9.81. The summed E-state index contributed by atoms with van der Waals surface area (Å²) in [5.41, 5.74) is 32.4. The lowest BCUT2D eigenvalue weighted by Gasteiger charge is -2.23. The van der Waals surface area contributed by atoms with Gasteiger partial charge < -0.3 is 4.57 Å². The Bertz CT molecular complexity index is 8810. The maximum atomic E-state index is 4.60. The van der Waals surface area contributed by atoms with Gasteiger partial charge in [-0.1, -0.05) is 375 Å². The van der Waals surface area contributed by atoms with Crippen molar-refractivity contribution in [3.63, 3.8) is 0 Å². The number of para-hydroxylation sites is 2. The first-order chi connectivity index (χ1) is 67.2. The van der Waals surface area contributed by atoms with Crippen LogP contribution in [0.5, 0.6) is 0 Å². The van der Waals surface area contributed by atoms with E-state index in [0.717, 1.165) is 39.5 Å². The molecule has 26 rings (SSSR count). The number of aromatic nitrogens is 5. The smallest absolute Gasteiger partial charge is 0.0701 e. The summed E-state index contributed by atoms with van der Waals surface area (Å²) in [4.78, 5) is 17.9. The van der Waals surface area contributed by atoms with Crippen molar-refractivity contribution in [3.8, 4) is 128 Å². The van der Waals surface area contributed by atoms with E-state index in [1.54, 1.807) is 0 Å². The van der Waals surface area contributed by atoms with E-state index in [0.29, 0.717) is 0 Å². The zero-order chi connectivity index (χ0) is 92.0. The van der Waals surface area contributed by atoms with E-state index in [1.807, 2.05) is 67.4 Å². The fourth-order valence-corrected chi connectivity index (χ4v) is 21.1. The minimum atomic E-state index is 0.0589. The summed E-state index contributed by atoms with van der Waals surface area (Å²) in [5.74, 6) is 0. The summed E-state index contributed by atoms with van der Waals surface area (Å²) >= 11 is 0. The number of pyridine rings is 4. The van der Waals surface area contributed by atoms with E-state index in [-0.39, 0.29) is 10.8 Å². The fraction of sp³-hybridized carbons (Fsp3) is 0.0606. The molecule has 5 aromatic heterocycles. The molecule has 0 atom stereocenters. The van der Waals surface area contributed by atoms with E-state index < -0.39 is 0 Å². The van der Waals surface area contributed by atoms with Gasteiger partial charge in [0.25, 0.3) is 0 Å². The lowest BCUT2D eigenvalue weighted by Crippen LogP contribution is -2.10. The van der Waals surface area contributed by atoms with Gasteiger partial charge in [0.05, 0.1) is 28.1 Å². The summed E-state index contributed by atoms with van der Waals surface area (Å²) in [7, 11) is 0. The topological polar surface area (TPSA) is 56.5 Å². The van der Waals surface area contributed by atoms with Gasteiger partial charge in [0.2, 0.25) is 0 Å². The quantitative estimate of drug-likeness (QED) is 0.0903. The van der Waals surface area contributed by atoms with Gasteiger partial charge >= 0.3 is 0 Å². The van der Waals surface area contributed by atoms with Gasteiger partial charge in [-0.05, 0) is 311 Å². The lowest BCUT2D eigenvalue weighted by molar-refractivity contribution is 0.591. The molecular weight excluding hydrogens is 1660 g/mol. The average molecular weight is 1750 g/mol. The maximum Gasteiger partial charge on any atom is 0.0701 e. The van der Waals surface area contributed by atoms with Crippen LogP contribution >= 0.6 is 0 Å². The van der Waals surface area contributed by atoms with Crippen LogP contribution in [0.4, 0.5) is 0 Å².